The zero-order valence-electron chi connectivity index (χ0n) is 12.0. The van der Waals surface area contributed by atoms with Gasteiger partial charge in [0.2, 0.25) is 5.91 Å². The molecule has 1 unspecified atom stereocenters. The van der Waals surface area contributed by atoms with E-state index in [9.17, 15) is 9.59 Å². The standard InChI is InChI=1S/C13H25NO4S/c1-10(2)6-11(7-13(16)17)8-14-12(15)9-19-5-4-18-3/h10-11H,4-9H2,1-3H3,(H,14,15)(H,16,17). The number of carbonyl (C=O) groups excluding carboxylic acids is 1. The van der Waals surface area contributed by atoms with Gasteiger partial charge in [0.25, 0.3) is 0 Å². The van der Waals surface area contributed by atoms with E-state index in [1.807, 2.05) is 0 Å². The lowest BCUT2D eigenvalue weighted by molar-refractivity contribution is -0.138. The molecule has 0 saturated carbocycles. The van der Waals surface area contributed by atoms with Crippen molar-refractivity contribution in [3.8, 4) is 0 Å². The Bertz CT molecular complexity index is 271. The lowest BCUT2D eigenvalue weighted by atomic mass is 9.94. The van der Waals surface area contributed by atoms with Crippen LogP contribution in [0.3, 0.4) is 0 Å². The van der Waals surface area contributed by atoms with Gasteiger partial charge in [-0.05, 0) is 18.3 Å². The molecular weight excluding hydrogens is 266 g/mol. The predicted molar refractivity (Wildman–Crippen MR) is 77.4 cm³/mol. The Balaban J connectivity index is 3.88. The van der Waals surface area contributed by atoms with E-state index in [2.05, 4.69) is 19.2 Å². The Hall–Kier alpha value is -0.750. The van der Waals surface area contributed by atoms with Crippen molar-refractivity contribution >= 4 is 23.6 Å². The van der Waals surface area contributed by atoms with Gasteiger partial charge in [-0.15, -0.1) is 11.8 Å². The molecule has 0 saturated heterocycles. The molecule has 112 valence electrons. The first-order valence-electron chi connectivity index (χ1n) is 6.50. The first kappa shape index (κ1) is 18.2. The fourth-order valence-electron chi connectivity index (χ4n) is 1.77. The Labute approximate surface area is 119 Å². The fraction of sp³-hybridized carbons (Fsp3) is 0.846. The van der Waals surface area contributed by atoms with Gasteiger partial charge in [-0.3, -0.25) is 9.59 Å². The molecule has 0 aliphatic rings. The van der Waals surface area contributed by atoms with Crippen LogP contribution in [0.25, 0.3) is 0 Å². The van der Waals surface area contributed by atoms with E-state index in [0.29, 0.717) is 24.8 Å². The van der Waals surface area contributed by atoms with Crippen LogP contribution in [0.1, 0.15) is 26.7 Å². The van der Waals surface area contributed by atoms with Gasteiger partial charge in [0.15, 0.2) is 0 Å². The zero-order chi connectivity index (χ0) is 14.7. The van der Waals surface area contributed by atoms with Crippen LogP contribution in [0.2, 0.25) is 0 Å². The molecule has 0 fully saturated rings. The molecule has 0 bridgehead atoms. The second-order valence-electron chi connectivity index (χ2n) is 4.94. The van der Waals surface area contributed by atoms with E-state index < -0.39 is 5.97 Å². The minimum Gasteiger partial charge on any atom is -0.481 e. The highest BCUT2D eigenvalue weighted by Crippen LogP contribution is 2.14. The Kier molecular flexibility index (Phi) is 10.7. The molecule has 0 aliphatic heterocycles. The number of aliphatic carboxylic acids is 1. The summed E-state index contributed by atoms with van der Waals surface area (Å²) in [4.78, 5) is 22.3. The summed E-state index contributed by atoms with van der Waals surface area (Å²) in [6.45, 7) is 5.18. The number of amides is 1. The maximum Gasteiger partial charge on any atom is 0.303 e. The summed E-state index contributed by atoms with van der Waals surface area (Å²) in [6, 6.07) is 0. The summed E-state index contributed by atoms with van der Waals surface area (Å²) in [5.41, 5.74) is 0. The van der Waals surface area contributed by atoms with Crippen molar-refractivity contribution in [1.29, 1.82) is 0 Å². The summed E-state index contributed by atoms with van der Waals surface area (Å²) in [5, 5.41) is 11.6. The van der Waals surface area contributed by atoms with Crippen LogP contribution in [0.4, 0.5) is 0 Å². The predicted octanol–water partition coefficient (Wildman–Crippen LogP) is 1.62. The second-order valence-corrected chi connectivity index (χ2v) is 6.05. The van der Waals surface area contributed by atoms with Gasteiger partial charge in [-0.1, -0.05) is 13.8 Å². The van der Waals surface area contributed by atoms with Gasteiger partial charge >= 0.3 is 5.97 Å². The third kappa shape index (κ3) is 12.0. The van der Waals surface area contributed by atoms with Crippen molar-refractivity contribution in [2.24, 2.45) is 11.8 Å². The lowest BCUT2D eigenvalue weighted by Gasteiger charge is -2.17. The van der Waals surface area contributed by atoms with Crippen molar-refractivity contribution in [3.63, 3.8) is 0 Å². The normalized spacial score (nSPS) is 12.4. The van der Waals surface area contributed by atoms with Crippen LogP contribution >= 0.6 is 11.8 Å². The molecule has 19 heavy (non-hydrogen) atoms. The molecule has 5 nitrogen and oxygen atoms in total. The van der Waals surface area contributed by atoms with E-state index in [1.165, 1.54) is 11.8 Å². The van der Waals surface area contributed by atoms with Crippen LogP contribution in [0.15, 0.2) is 0 Å². The van der Waals surface area contributed by atoms with Gasteiger partial charge < -0.3 is 15.2 Å². The molecule has 0 radical (unpaired) electrons. The lowest BCUT2D eigenvalue weighted by Crippen LogP contribution is -2.32. The summed E-state index contributed by atoms with van der Waals surface area (Å²) in [6.07, 6.45) is 0.915. The molecule has 0 aliphatic carbocycles. The van der Waals surface area contributed by atoms with Crippen molar-refractivity contribution < 1.29 is 19.4 Å². The van der Waals surface area contributed by atoms with E-state index >= 15 is 0 Å². The molecule has 0 spiro atoms. The number of carboxylic acid groups (broad SMARTS) is 1. The number of hydrogen-bond acceptors (Lipinski definition) is 4. The van der Waals surface area contributed by atoms with Gasteiger partial charge in [-0.2, -0.15) is 0 Å². The van der Waals surface area contributed by atoms with E-state index in [4.69, 9.17) is 9.84 Å². The van der Waals surface area contributed by atoms with E-state index in [-0.39, 0.29) is 18.2 Å². The summed E-state index contributed by atoms with van der Waals surface area (Å²) >= 11 is 1.51. The number of nitrogens with one attached hydrogen (secondary N) is 1. The zero-order valence-corrected chi connectivity index (χ0v) is 12.8. The highest BCUT2D eigenvalue weighted by Gasteiger charge is 2.15. The average molecular weight is 291 g/mol. The number of carbonyl (C=O) groups is 2. The number of hydrogen-bond donors (Lipinski definition) is 2. The number of carboxylic acids is 1. The highest BCUT2D eigenvalue weighted by molar-refractivity contribution is 7.99. The maximum atomic E-state index is 11.6. The van der Waals surface area contributed by atoms with Crippen molar-refractivity contribution in [1.82, 2.24) is 5.32 Å². The molecule has 1 atom stereocenters. The Morgan fingerprint density at radius 2 is 2.05 bits per heavy atom. The Morgan fingerprint density at radius 1 is 1.37 bits per heavy atom. The van der Waals surface area contributed by atoms with Crippen molar-refractivity contribution in [2.75, 3.05) is 31.8 Å². The monoisotopic (exact) mass is 291 g/mol. The largest absolute Gasteiger partial charge is 0.481 e. The van der Waals surface area contributed by atoms with Crippen LogP contribution in [0, 0.1) is 11.8 Å². The minimum absolute atomic E-state index is 0.00502. The molecule has 0 aromatic rings. The first-order chi connectivity index (χ1) is 8.95. The van der Waals surface area contributed by atoms with Crippen LogP contribution < -0.4 is 5.32 Å². The average Bonchev–Trinajstić information content (AvgIpc) is 2.30. The number of rotatable bonds is 11. The SMILES string of the molecule is COCCSCC(=O)NCC(CC(=O)O)CC(C)C. The molecule has 6 heteroatoms. The molecular formula is C13H25NO4S. The summed E-state index contributed by atoms with van der Waals surface area (Å²) < 4.78 is 4.89. The van der Waals surface area contributed by atoms with E-state index in [1.54, 1.807) is 7.11 Å². The number of methoxy groups -OCH3 is 1. The number of ether oxygens (including phenoxy) is 1. The fourth-order valence-corrected chi connectivity index (χ4v) is 2.49. The van der Waals surface area contributed by atoms with Gasteiger partial charge in [0, 0.05) is 25.8 Å². The van der Waals surface area contributed by atoms with Crippen LogP contribution in [0.5, 0.6) is 0 Å². The molecule has 2 N–H and O–H groups in total. The number of thioether (sulfide) groups is 1. The Morgan fingerprint density at radius 3 is 2.58 bits per heavy atom. The van der Waals surface area contributed by atoms with Crippen LogP contribution in [-0.4, -0.2) is 48.8 Å². The molecule has 0 aromatic carbocycles. The smallest absolute Gasteiger partial charge is 0.303 e. The summed E-state index contributed by atoms with van der Waals surface area (Å²) in [7, 11) is 1.63. The first-order valence-corrected chi connectivity index (χ1v) is 7.66. The third-order valence-electron chi connectivity index (χ3n) is 2.52. The van der Waals surface area contributed by atoms with E-state index in [0.717, 1.165) is 12.2 Å². The molecule has 0 rings (SSSR count). The van der Waals surface area contributed by atoms with Crippen LogP contribution in [-0.2, 0) is 14.3 Å². The maximum absolute atomic E-state index is 11.6. The van der Waals surface area contributed by atoms with Crippen molar-refractivity contribution in [3.05, 3.63) is 0 Å². The molecule has 1 amide bonds. The van der Waals surface area contributed by atoms with Crippen molar-refractivity contribution in [2.45, 2.75) is 26.7 Å². The van der Waals surface area contributed by atoms with Gasteiger partial charge in [-0.25, -0.2) is 0 Å². The van der Waals surface area contributed by atoms with Gasteiger partial charge in [0.1, 0.15) is 0 Å². The molecule has 0 aromatic heterocycles. The highest BCUT2D eigenvalue weighted by atomic mass is 32.2. The topological polar surface area (TPSA) is 75.6 Å². The third-order valence-corrected chi connectivity index (χ3v) is 3.44. The van der Waals surface area contributed by atoms with Gasteiger partial charge in [0.05, 0.1) is 12.4 Å². The minimum atomic E-state index is -0.811. The second kappa shape index (κ2) is 11.1. The molecule has 0 heterocycles. The quantitative estimate of drug-likeness (QED) is 0.566. The summed E-state index contributed by atoms with van der Waals surface area (Å²) in [5.74, 6) is 0.761.